The summed E-state index contributed by atoms with van der Waals surface area (Å²) in [5.74, 6) is -0.258. The molecule has 6 heteroatoms. The summed E-state index contributed by atoms with van der Waals surface area (Å²) < 4.78 is 0.825. The first-order chi connectivity index (χ1) is 9.67. The van der Waals surface area contributed by atoms with Crippen LogP contribution in [0.4, 0.5) is 5.69 Å². The fraction of sp³-hybridized carbons (Fsp3) is 0.467. The zero-order chi connectivity index (χ0) is 16.0. The van der Waals surface area contributed by atoms with Crippen LogP contribution in [0.25, 0.3) is 0 Å². The monoisotopic (exact) mass is 355 g/mol. The van der Waals surface area contributed by atoms with Gasteiger partial charge < -0.3 is 10.6 Å². The van der Waals surface area contributed by atoms with Crippen LogP contribution >= 0.6 is 15.9 Å². The average Bonchev–Trinajstić information content (AvgIpc) is 2.28. The molecule has 116 valence electrons. The van der Waals surface area contributed by atoms with Gasteiger partial charge in [-0.05, 0) is 55.9 Å². The molecule has 0 aliphatic carbocycles. The minimum Gasteiger partial charge on any atom is -0.350 e. The summed E-state index contributed by atoms with van der Waals surface area (Å²) in [5.41, 5.74) is 0.449. The standard InChI is InChI=1S/C15H22BrN3O2/c1-15(2,3)18-14(21)10-19(4)9-13(20)17-12-8-6-5-7-11(12)16/h5-8H,9-10H2,1-4H3,(H,17,20)(H,18,21). The molecule has 1 rings (SSSR count). The molecular weight excluding hydrogens is 334 g/mol. The molecule has 0 radical (unpaired) electrons. The normalized spacial score (nSPS) is 11.3. The lowest BCUT2D eigenvalue weighted by Gasteiger charge is -2.23. The Kier molecular flexibility index (Phi) is 6.36. The van der Waals surface area contributed by atoms with Gasteiger partial charge in [-0.2, -0.15) is 0 Å². The van der Waals surface area contributed by atoms with Crippen LogP contribution in [0.2, 0.25) is 0 Å². The van der Waals surface area contributed by atoms with E-state index in [1.165, 1.54) is 0 Å². The maximum Gasteiger partial charge on any atom is 0.238 e. The van der Waals surface area contributed by atoms with Crippen molar-refractivity contribution in [3.05, 3.63) is 28.7 Å². The van der Waals surface area contributed by atoms with E-state index in [1.807, 2.05) is 45.0 Å². The first-order valence-electron chi connectivity index (χ1n) is 6.71. The third-order valence-electron chi connectivity index (χ3n) is 2.49. The van der Waals surface area contributed by atoms with E-state index in [4.69, 9.17) is 0 Å². The number of halogens is 1. The fourth-order valence-electron chi connectivity index (χ4n) is 1.76. The molecule has 0 aliphatic rings. The summed E-state index contributed by atoms with van der Waals surface area (Å²) in [6, 6.07) is 7.40. The topological polar surface area (TPSA) is 61.4 Å². The number of anilines is 1. The molecule has 2 N–H and O–H groups in total. The Labute approximate surface area is 134 Å². The van der Waals surface area contributed by atoms with Gasteiger partial charge in [-0.3, -0.25) is 14.5 Å². The lowest BCUT2D eigenvalue weighted by Crippen LogP contribution is -2.46. The second-order valence-corrected chi connectivity index (χ2v) is 6.85. The van der Waals surface area contributed by atoms with Crippen LogP contribution in [0, 0.1) is 0 Å². The molecule has 1 aromatic carbocycles. The molecule has 0 fully saturated rings. The molecule has 0 bridgehead atoms. The molecule has 0 saturated heterocycles. The number of nitrogens with one attached hydrogen (secondary N) is 2. The summed E-state index contributed by atoms with van der Waals surface area (Å²) >= 11 is 3.37. The largest absolute Gasteiger partial charge is 0.350 e. The molecule has 0 atom stereocenters. The Bertz CT molecular complexity index is 512. The summed E-state index contributed by atoms with van der Waals surface area (Å²) in [7, 11) is 1.74. The van der Waals surface area contributed by atoms with Crippen LogP contribution in [-0.4, -0.2) is 42.4 Å². The number of carbonyl (C=O) groups is 2. The van der Waals surface area contributed by atoms with E-state index < -0.39 is 0 Å². The molecule has 21 heavy (non-hydrogen) atoms. The molecule has 5 nitrogen and oxygen atoms in total. The maximum absolute atomic E-state index is 11.9. The van der Waals surface area contributed by atoms with Crippen molar-refractivity contribution in [2.24, 2.45) is 0 Å². The first-order valence-corrected chi connectivity index (χ1v) is 7.50. The second kappa shape index (κ2) is 7.56. The molecule has 0 aliphatic heterocycles. The van der Waals surface area contributed by atoms with Crippen molar-refractivity contribution >= 4 is 33.4 Å². The van der Waals surface area contributed by atoms with Gasteiger partial charge in [0.15, 0.2) is 0 Å². The van der Waals surface area contributed by atoms with Gasteiger partial charge in [0.05, 0.1) is 18.8 Å². The third kappa shape index (κ3) is 7.24. The molecular formula is C15H22BrN3O2. The first kappa shape index (κ1) is 17.7. The van der Waals surface area contributed by atoms with Crippen LogP contribution in [0.15, 0.2) is 28.7 Å². The highest BCUT2D eigenvalue weighted by Crippen LogP contribution is 2.20. The summed E-state index contributed by atoms with van der Waals surface area (Å²) in [6.07, 6.45) is 0. The van der Waals surface area contributed by atoms with Crippen molar-refractivity contribution in [3.8, 4) is 0 Å². The van der Waals surface area contributed by atoms with Gasteiger partial charge in [0.25, 0.3) is 0 Å². The number of benzene rings is 1. The average molecular weight is 356 g/mol. The van der Waals surface area contributed by atoms with E-state index in [0.29, 0.717) is 0 Å². The van der Waals surface area contributed by atoms with E-state index in [0.717, 1.165) is 10.2 Å². The number of carbonyl (C=O) groups excluding carboxylic acids is 2. The second-order valence-electron chi connectivity index (χ2n) is 6.00. The van der Waals surface area contributed by atoms with Gasteiger partial charge in [0, 0.05) is 10.0 Å². The van der Waals surface area contributed by atoms with Gasteiger partial charge in [-0.1, -0.05) is 12.1 Å². The molecule has 0 saturated carbocycles. The lowest BCUT2D eigenvalue weighted by molar-refractivity contribution is -0.124. The number of nitrogens with zero attached hydrogens (tertiary/aromatic N) is 1. The van der Waals surface area contributed by atoms with E-state index in [-0.39, 0.29) is 30.4 Å². The Morgan fingerprint density at radius 2 is 1.71 bits per heavy atom. The van der Waals surface area contributed by atoms with E-state index in [1.54, 1.807) is 11.9 Å². The van der Waals surface area contributed by atoms with E-state index in [2.05, 4.69) is 26.6 Å². The summed E-state index contributed by atoms with van der Waals surface area (Å²) in [5, 5.41) is 5.67. The van der Waals surface area contributed by atoms with Gasteiger partial charge in [-0.25, -0.2) is 0 Å². The maximum atomic E-state index is 11.9. The highest BCUT2D eigenvalue weighted by Gasteiger charge is 2.16. The van der Waals surface area contributed by atoms with Crippen molar-refractivity contribution in [1.29, 1.82) is 0 Å². The molecule has 2 amide bonds. The number of hydrogen-bond acceptors (Lipinski definition) is 3. The predicted octanol–water partition coefficient (Wildman–Crippen LogP) is 2.23. The van der Waals surface area contributed by atoms with E-state index >= 15 is 0 Å². The van der Waals surface area contributed by atoms with Crippen molar-refractivity contribution < 1.29 is 9.59 Å². The van der Waals surface area contributed by atoms with Crippen molar-refractivity contribution in [1.82, 2.24) is 10.2 Å². The van der Waals surface area contributed by atoms with Gasteiger partial charge >= 0.3 is 0 Å². The fourth-order valence-corrected chi connectivity index (χ4v) is 2.14. The van der Waals surface area contributed by atoms with Crippen molar-refractivity contribution in [3.63, 3.8) is 0 Å². The van der Waals surface area contributed by atoms with Gasteiger partial charge in [0.1, 0.15) is 0 Å². The Morgan fingerprint density at radius 1 is 1.14 bits per heavy atom. The zero-order valence-corrected chi connectivity index (χ0v) is 14.5. The number of para-hydroxylation sites is 1. The summed E-state index contributed by atoms with van der Waals surface area (Å²) in [4.78, 5) is 25.4. The Morgan fingerprint density at radius 3 is 2.29 bits per heavy atom. The SMILES string of the molecule is CN(CC(=O)Nc1ccccc1Br)CC(=O)NC(C)(C)C. The Balaban J connectivity index is 2.44. The highest BCUT2D eigenvalue weighted by molar-refractivity contribution is 9.10. The predicted molar refractivity (Wildman–Crippen MR) is 88.2 cm³/mol. The van der Waals surface area contributed by atoms with E-state index in [9.17, 15) is 9.59 Å². The lowest BCUT2D eigenvalue weighted by atomic mass is 10.1. The van der Waals surface area contributed by atoms with Gasteiger partial charge in [0.2, 0.25) is 11.8 Å². The van der Waals surface area contributed by atoms with Crippen LogP contribution in [-0.2, 0) is 9.59 Å². The number of likely N-dealkylation sites (N-methyl/N-ethyl adjacent to an activating group) is 1. The molecule has 1 aromatic rings. The number of hydrogen-bond donors (Lipinski definition) is 2. The Hall–Kier alpha value is -1.40. The minimum atomic E-state index is -0.269. The van der Waals surface area contributed by atoms with Crippen LogP contribution in [0.3, 0.4) is 0 Å². The summed E-state index contributed by atoms with van der Waals surface area (Å²) in [6.45, 7) is 6.10. The quantitative estimate of drug-likeness (QED) is 0.851. The van der Waals surface area contributed by atoms with Crippen LogP contribution in [0.1, 0.15) is 20.8 Å². The molecule has 0 spiro atoms. The smallest absolute Gasteiger partial charge is 0.238 e. The van der Waals surface area contributed by atoms with Crippen LogP contribution < -0.4 is 10.6 Å². The number of rotatable bonds is 5. The molecule has 0 aromatic heterocycles. The number of amides is 2. The van der Waals surface area contributed by atoms with Crippen molar-refractivity contribution in [2.75, 3.05) is 25.5 Å². The van der Waals surface area contributed by atoms with Gasteiger partial charge in [-0.15, -0.1) is 0 Å². The van der Waals surface area contributed by atoms with Crippen molar-refractivity contribution in [2.45, 2.75) is 26.3 Å². The molecule has 0 heterocycles. The molecule has 0 unspecified atom stereocenters. The third-order valence-corrected chi connectivity index (χ3v) is 3.18. The minimum absolute atomic E-state index is 0.0984. The highest BCUT2D eigenvalue weighted by atomic mass is 79.9. The zero-order valence-electron chi connectivity index (χ0n) is 12.9. The van der Waals surface area contributed by atoms with Crippen LogP contribution in [0.5, 0.6) is 0 Å².